The van der Waals surface area contributed by atoms with Gasteiger partial charge in [-0.15, -0.1) is 0 Å². The molecule has 4 nitrogen and oxygen atoms in total. The van der Waals surface area contributed by atoms with E-state index >= 15 is 0 Å². The Morgan fingerprint density at radius 3 is 2.29 bits per heavy atom. The van der Waals surface area contributed by atoms with Crippen LogP contribution in [0.15, 0.2) is 36.9 Å². The molecule has 144 valence electrons. The van der Waals surface area contributed by atoms with Crippen molar-refractivity contribution in [2.24, 2.45) is 0 Å². The molecule has 0 saturated carbocycles. The maximum atomic E-state index is 13.6. The van der Waals surface area contributed by atoms with Gasteiger partial charge < -0.3 is 5.32 Å². The predicted molar refractivity (Wildman–Crippen MR) is 96.3 cm³/mol. The van der Waals surface area contributed by atoms with Crippen molar-refractivity contribution in [3.63, 3.8) is 0 Å². The van der Waals surface area contributed by atoms with Crippen LogP contribution in [0.4, 0.5) is 23.4 Å². The number of anilines is 1. The summed E-state index contributed by atoms with van der Waals surface area (Å²) in [4.78, 5) is 11.8. The van der Waals surface area contributed by atoms with Crippen LogP contribution < -0.4 is 5.32 Å². The van der Waals surface area contributed by atoms with E-state index < -0.39 is 17.6 Å². The van der Waals surface area contributed by atoms with Crippen LogP contribution >= 0.6 is 11.6 Å². The Balaban J connectivity index is 1.53. The van der Waals surface area contributed by atoms with E-state index in [2.05, 4.69) is 20.3 Å². The number of hydrogen-bond donors (Lipinski definition) is 1. The summed E-state index contributed by atoms with van der Waals surface area (Å²) >= 11 is 6.23. The summed E-state index contributed by atoms with van der Waals surface area (Å²) in [7, 11) is 0. The van der Waals surface area contributed by atoms with Crippen molar-refractivity contribution in [3.05, 3.63) is 70.3 Å². The standard InChI is InChI=1S/C19H13ClF4N4/c20-14-2-11-4-19(23,24)3-10(11)1-12(14)17-8-28-18(9-26-17)27-5-13-15(21)6-25-7-16(13)22/h1-2,6-9H,3-5H2,(H,27,28). The average Bonchev–Trinajstić information content (AvgIpc) is 2.94. The van der Waals surface area contributed by atoms with E-state index in [1.807, 2.05) is 0 Å². The number of halogens is 5. The summed E-state index contributed by atoms with van der Waals surface area (Å²) in [5, 5.41) is 3.09. The smallest absolute Gasteiger partial charge is 0.256 e. The Morgan fingerprint density at radius 1 is 0.964 bits per heavy atom. The molecular formula is C19H13ClF4N4. The first kappa shape index (κ1) is 18.6. The van der Waals surface area contributed by atoms with Crippen LogP contribution in [-0.4, -0.2) is 20.9 Å². The molecule has 1 aliphatic carbocycles. The molecule has 0 fully saturated rings. The maximum absolute atomic E-state index is 13.6. The highest BCUT2D eigenvalue weighted by Crippen LogP contribution is 2.39. The van der Waals surface area contributed by atoms with Crippen molar-refractivity contribution in [2.75, 3.05) is 5.32 Å². The largest absolute Gasteiger partial charge is 0.364 e. The molecule has 0 aliphatic heterocycles. The normalized spacial score (nSPS) is 14.8. The number of hydrogen-bond acceptors (Lipinski definition) is 4. The number of benzene rings is 1. The summed E-state index contributed by atoms with van der Waals surface area (Å²) in [6.45, 7) is -0.136. The lowest BCUT2D eigenvalue weighted by atomic mass is 10.0. The van der Waals surface area contributed by atoms with Gasteiger partial charge in [-0.25, -0.2) is 22.5 Å². The molecule has 0 atom stereocenters. The lowest BCUT2D eigenvalue weighted by Crippen LogP contribution is -2.14. The van der Waals surface area contributed by atoms with Gasteiger partial charge in [-0.05, 0) is 23.3 Å². The molecule has 1 aliphatic rings. The minimum atomic E-state index is -2.76. The zero-order chi connectivity index (χ0) is 19.9. The molecule has 3 aromatic rings. The van der Waals surface area contributed by atoms with Crippen molar-refractivity contribution >= 4 is 17.4 Å². The third-order valence-corrected chi connectivity index (χ3v) is 4.83. The summed E-state index contributed by atoms with van der Waals surface area (Å²) in [5.74, 6) is -4.00. The lowest BCUT2D eigenvalue weighted by Gasteiger charge is -2.09. The predicted octanol–water partition coefficient (Wildman–Crippen LogP) is 4.82. The topological polar surface area (TPSA) is 50.7 Å². The number of pyridine rings is 1. The van der Waals surface area contributed by atoms with Crippen LogP contribution in [0.1, 0.15) is 16.7 Å². The molecule has 0 bridgehead atoms. The number of rotatable bonds is 4. The van der Waals surface area contributed by atoms with Crippen LogP contribution in [0.2, 0.25) is 5.02 Å². The zero-order valence-corrected chi connectivity index (χ0v) is 15.1. The Labute approximate surface area is 162 Å². The molecule has 4 rings (SSSR count). The minimum absolute atomic E-state index is 0.136. The van der Waals surface area contributed by atoms with E-state index in [1.165, 1.54) is 18.5 Å². The van der Waals surface area contributed by atoms with Crippen molar-refractivity contribution in [1.82, 2.24) is 15.0 Å². The van der Waals surface area contributed by atoms with Crippen LogP contribution in [0, 0.1) is 11.6 Å². The number of fused-ring (bicyclic) bond motifs is 1. The molecule has 0 unspecified atom stereocenters. The van der Waals surface area contributed by atoms with Crippen molar-refractivity contribution in [1.29, 1.82) is 0 Å². The van der Waals surface area contributed by atoms with Gasteiger partial charge in [0.25, 0.3) is 5.92 Å². The molecule has 1 aromatic carbocycles. The Bertz CT molecular complexity index is 1020. The Morgan fingerprint density at radius 2 is 1.64 bits per heavy atom. The fourth-order valence-corrected chi connectivity index (χ4v) is 3.43. The fourth-order valence-electron chi connectivity index (χ4n) is 3.15. The first-order chi connectivity index (χ1) is 13.3. The molecule has 0 amide bonds. The summed E-state index contributed by atoms with van der Waals surface area (Å²) < 4.78 is 54.4. The van der Waals surface area contributed by atoms with E-state index in [4.69, 9.17) is 11.6 Å². The van der Waals surface area contributed by atoms with Gasteiger partial charge in [0.15, 0.2) is 0 Å². The highest BCUT2D eigenvalue weighted by molar-refractivity contribution is 6.33. The van der Waals surface area contributed by atoms with Gasteiger partial charge in [-0.1, -0.05) is 11.6 Å². The molecule has 0 saturated heterocycles. The highest BCUT2D eigenvalue weighted by Gasteiger charge is 2.37. The molecule has 0 spiro atoms. The third kappa shape index (κ3) is 3.64. The first-order valence-electron chi connectivity index (χ1n) is 8.36. The lowest BCUT2D eigenvalue weighted by molar-refractivity contribution is 0.0130. The van der Waals surface area contributed by atoms with Gasteiger partial charge in [0.2, 0.25) is 0 Å². The number of nitrogens with one attached hydrogen (secondary N) is 1. The monoisotopic (exact) mass is 408 g/mol. The molecule has 2 heterocycles. The number of aromatic nitrogens is 3. The molecule has 0 radical (unpaired) electrons. The van der Waals surface area contributed by atoms with E-state index in [1.54, 1.807) is 6.07 Å². The number of alkyl halides is 2. The van der Waals surface area contributed by atoms with E-state index in [0.29, 0.717) is 33.2 Å². The van der Waals surface area contributed by atoms with Gasteiger partial charge in [0, 0.05) is 30.5 Å². The quantitative estimate of drug-likeness (QED) is 0.629. The van der Waals surface area contributed by atoms with Gasteiger partial charge in [0.05, 0.1) is 35.5 Å². The molecule has 28 heavy (non-hydrogen) atoms. The van der Waals surface area contributed by atoms with Crippen LogP contribution in [0.25, 0.3) is 11.3 Å². The summed E-state index contributed by atoms with van der Waals surface area (Å²) in [6.07, 6.45) is 4.00. The van der Waals surface area contributed by atoms with Gasteiger partial charge in [-0.2, -0.15) is 0 Å². The second-order valence-corrected chi connectivity index (χ2v) is 6.94. The highest BCUT2D eigenvalue weighted by atomic mass is 35.5. The van der Waals surface area contributed by atoms with E-state index in [-0.39, 0.29) is 24.9 Å². The third-order valence-electron chi connectivity index (χ3n) is 4.51. The molecule has 9 heteroatoms. The molecular weight excluding hydrogens is 396 g/mol. The van der Waals surface area contributed by atoms with E-state index in [9.17, 15) is 17.6 Å². The average molecular weight is 409 g/mol. The minimum Gasteiger partial charge on any atom is -0.364 e. The zero-order valence-electron chi connectivity index (χ0n) is 14.3. The van der Waals surface area contributed by atoms with Gasteiger partial charge in [0.1, 0.15) is 17.5 Å². The summed E-state index contributed by atoms with van der Waals surface area (Å²) in [6, 6.07) is 3.15. The van der Waals surface area contributed by atoms with Crippen LogP contribution in [-0.2, 0) is 19.4 Å². The molecule has 1 N–H and O–H groups in total. The second kappa shape index (κ2) is 7.01. The van der Waals surface area contributed by atoms with Crippen molar-refractivity contribution in [2.45, 2.75) is 25.3 Å². The fraction of sp³-hybridized carbons (Fsp3) is 0.211. The maximum Gasteiger partial charge on any atom is 0.256 e. The van der Waals surface area contributed by atoms with Crippen LogP contribution in [0.5, 0.6) is 0 Å². The first-order valence-corrected chi connectivity index (χ1v) is 8.73. The second-order valence-electron chi connectivity index (χ2n) is 6.53. The van der Waals surface area contributed by atoms with Gasteiger partial charge in [-0.3, -0.25) is 9.97 Å². The van der Waals surface area contributed by atoms with Crippen molar-refractivity contribution < 1.29 is 17.6 Å². The molecule has 2 aromatic heterocycles. The Hall–Kier alpha value is -2.74. The van der Waals surface area contributed by atoms with Gasteiger partial charge >= 0.3 is 0 Å². The Kier molecular flexibility index (Phi) is 4.66. The summed E-state index contributed by atoms with van der Waals surface area (Å²) in [5.41, 5.74) is 1.82. The van der Waals surface area contributed by atoms with Crippen molar-refractivity contribution in [3.8, 4) is 11.3 Å². The number of nitrogens with zero attached hydrogens (tertiary/aromatic N) is 3. The van der Waals surface area contributed by atoms with Crippen LogP contribution in [0.3, 0.4) is 0 Å². The van der Waals surface area contributed by atoms with E-state index in [0.717, 1.165) is 12.4 Å². The SMILES string of the molecule is Fc1cncc(F)c1CNc1cnc(-c2cc3c(cc2Cl)CC(F)(F)C3)cn1.